The number of nitrogen functional groups attached to an aromatic ring is 1. The van der Waals surface area contributed by atoms with Crippen molar-refractivity contribution in [2.75, 3.05) is 25.7 Å². The molecule has 2 rings (SSSR count). The Morgan fingerprint density at radius 1 is 1.45 bits per heavy atom. The molecule has 1 fully saturated rings. The number of carbonyl (C=O) groups is 1. The first-order valence-electron chi connectivity index (χ1n) is 7.04. The largest absolute Gasteiger partial charge is 0.383 e. The summed E-state index contributed by atoms with van der Waals surface area (Å²) in [6.07, 6.45) is 2.43. The molecule has 0 spiro atoms. The number of anilines is 1. The van der Waals surface area contributed by atoms with Gasteiger partial charge in [0.05, 0.1) is 6.61 Å². The van der Waals surface area contributed by atoms with Crippen LogP contribution in [0.1, 0.15) is 30.1 Å². The molecule has 1 aromatic carbocycles. The van der Waals surface area contributed by atoms with Crippen molar-refractivity contribution in [3.05, 3.63) is 29.8 Å². The SMILES string of the molecule is COCCN(C(=O)c1ccc(NN)cc1)C(C)C1CC1. The lowest BCUT2D eigenvalue weighted by atomic mass is 10.1. The number of nitrogens with one attached hydrogen (secondary N) is 1. The number of hydrazine groups is 1. The first-order valence-corrected chi connectivity index (χ1v) is 7.04. The van der Waals surface area contributed by atoms with Gasteiger partial charge in [-0.05, 0) is 49.9 Å². The van der Waals surface area contributed by atoms with Crippen LogP contribution >= 0.6 is 0 Å². The van der Waals surface area contributed by atoms with Crippen LogP contribution in [0.2, 0.25) is 0 Å². The molecule has 1 aromatic rings. The second-order valence-corrected chi connectivity index (χ2v) is 5.29. The number of benzene rings is 1. The van der Waals surface area contributed by atoms with E-state index in [1.807, 2.05) is 17.0 Å². The molecule has 3 N–H and O–H groups in total. The zero-order valence-corrected chi connectivity index (χ0v) is 12.1. The second-order valence-electron chi connectivity index (χ2n) is 5.29. The van der Waals surface area contributed by atoms with E-state index in [-0.39, 0.29) is 11.9 Å². The number of rotatable bonds is 7. The Labute approximate surface area is 120 Å². The van der Waals surface area contributed by atoms with Crippen molar-refractivity contribution in [3.8, 4) is 0 Å². The standard InChI is InChI=1S/C15H23N3O2/c1-11(12-3-4-12)18(9-10-20-2)15(19)13-5-7-14(17-16)8-6-13/h5-8,11-12,17H,3-4,9-10,16H2,1-2H3. The van der Waals surface area contributed by atoms with Gasteiger partial charge < -0.3 is 15.1 Å². The van der Waals surface area contributed by atoms with Crippen molar-refractivity contribution in [2.45, 2.75) is 25.8 Å². The van der Waals surface area contributed by atoms with Crippen LogP contribution in [-0.4, -0.2) is 37.1 Å². The third-order valence-corrected chi connectivity index (χ3v) is 3.89. The lowest BCUT2D eigenvalue weighted by Gasteiger charge is -2.29. The van der Waals surface area contributed by atoms with E-state index in [9.17, 15) is 4.79 Å². The molecular formula is C15H23N3O2. The summed E-state index contributed by atoms with van der Waals surface area (Å²) in [6, 6.07) is 7.49. The van der Waals surface area contributed by atoms with E-state index in [4.69, 9.17) is 10.6 Å². The zero-order valence-electron chi connectivity index (χ0n) is 12.1. The minimum atomic E-state index is 0.0602. The summed E-state index contributed by atoms with van der Waals surface area (Å²) in [5.74, 6) is 6.04. The predicted octanol–water partition coefficient (Wildman–Crippen LogP) is 1.86. The topological polar surface area (TPSA) is 67.6 Å². The van der Waals surface area contributed by atoms with Crippen LogP contribution in [0.4, 0.5) is 5.69 Å². The monoisotopic (exact) mass is 277 g/mol. The van der Waals surface area contributed by atoms with Crippen molar-refractivity contribution in [3.63, 3.8) is 0 Å². The van der Waals surface area contributed by atoms with Crippen LogP contribution in [0.5, 0.6) is 0 Å². The summed E-state index contributed by atoms with van der Waals surface area (Å²) >= 11 is 0. The van der Waals surface area contributed by atoms with Gasteiger partial charge in [0.25, 0.3) is 5.91 Å². The van der Waals surface area contributed by atoms with Gasteiger partial charge in [-0.1, -0.05) is 0 Å². The third-order valence-electron chi connectivity index (χ3n) is 3.89. The van der Waals surface area contributed by atoms with Gasteiger partial charge in [-0.15, -0.1) is 0 Å². The Hall–Kier alpha value is -1.59. The van der Waals surface area contributed by atoms with Crippen molar-refractivity contribution in [2.24, 2.45) is 11.8 Å². The molecule has 1 amide bonds. The van der Waals surface area contributed by atoms with Crippen molar-refractivity contribution in [1.82, 2.24) is 4.90 Å². The molecule has 1 aliphatic carbocycles. The van der Waals surface area contributed by atoms with E-state index >= 15 is 0 Å². The molecule has 1 saturated carbocycles. The van der Waals surface area contributed by atoms with Crippen LogP contribution in [-0.2, 0) is 4.74 Å². The number of nitrogens with two attached hydrogens (primary N) is 1. The highest BCUT2D eigenvalue weighted by Crippen LogP contribution is 2.35. The molecular weight excluding hydrogens is 254 g/mol. The van der Waals surface area contributed by atoms with Crippen LogP contribution in [0.3, 0.4) is 0 Å². The average Bonchev–Trinajstić information content (AvgIpc) is 3.32. The summed E-state index contributed by atoms with van der Waals surface area (Å²) in [4.78, 5) is 14.6. The van der Waals surface area contributed by atoms with Crippen molar-refractivity contribution < 1.29 is 9.53 Å². The van der Waals surface area contributed by atoms with Gasteiger partial charge >= 0.3 is 0 Å². The molecule has 0 bridgehead atoms. The minimum absolute atomic E-state index is 0.0602. The zero-order chi connectivity index (χ0) is 14.5. The highest BCUT2D eigenvalue weighted by atomic mass is 16.5. The molecule has 0 heterocycles. The van der Waals surface area contributed by atoms with Gasteiger partial charge in [0.15, 0.2) is 0 Å². The first kappa shape index (κ1) is 14.8. The quantitative estimate of drug-likeness (QED) is 0.589. The van der Waals surface area contributed by atoms with E-state index < -0.39 is 0 Å². The highest BCUT2D eigenvalue weighted by molar-refractivity contribution is 5.94. The van der Waals surface area contributed by atoms with E-state index in [1.165, 1.54) is 12.8 Å². The Bertz CT molecular complexity index is 443. The van der Waals surface area contributed by atoms with Crippen LogP contribution in [0.15, 0.2) is 24.3 Å². The highest BCUT2D eigenvalue weighted by Gasteiger charge is 2.34. The van der Waals surface area contributed by atoms with Gasteiger partial charge in [0, 0.05) is 30.9 Å². The van der Waals surface area contributed by atoms with Gasteiger partial charge in [-0.3, -0.25) is 10.6 Å². The van der Waals surface area contributed by atoms with Gasteiger partial charge in [-0.2, -0.15) is 0 Å². The van der Waals surface area contributed by atoms with E-state index in [0.717, 1.165) is 5.69 Å². The molecule has 0 aliphatic heterocycles. The minimum Gasteiger partial charge on any atom is -0.383 e. The Morgan fingerprint density at radius 3 is 2.60 bits per heavy atom. The van der Waals surface area contributed by atoms with Crippen LogP contribution < -0.4 is 11.3 Å². The fourth-order valence-electron chi connectivity index (χ4n) is 2.39. The smallest absolute Gasteiger partial charge is 0.254 e. The molecule has 5 nitrogen and oxygen atoms in total. The van der Waals surface area contributed by atoms with Crippen LogP contribution in [0.25, 0.3) is 0 Å². The summed E-state index contributed by atoms with van der Waals surface area (Å²) in [5, 5.41) is 0. The van der Waals surface area contributed by atoms with Crippen molar-refractivity contribution >= 4 is 11.6 Å². The maximum atomic E-state index is 12.6. The summed E-state index contributed by atoms with van der Waals surface area (Å²) in [6.45, 7) is 3.32. The Balaban J connectivity index is 2.10. The number of hydrogen-bond acceptors (Lipinski definition) is 4. The number of ether oxygens (including phenoxy) is 1. The third kappa shape index (κ3) is 3.49. The lowest BCUT2D eigenvalue weighted by Crippen LogP contribution is -2.42. The Morgan fingerprint density at radius 2 is 2.10 bits per heavy atom. The lowest BCUT2D eigenvalue weighted by molar-refractivity contribution is 0.0594. The number of hydrogen-bond donors (Lipinski definition) is 2. The van der Waals surface area contributed by atoms with Gasteiger partial charge in [-0.25, -0.2) is 0 Å². The predicted molar refractivity (Wildman–Crippen MR) is 79.4 cm³/mol. The van der Waals surface area contributed by atoms with E-state index in [0.29, 0.717) is 24.6 Å². The molecule has 20 heavy (non-hydrogen) atoms. The molecule has 110 valence electrons. The summed E-state index contributed by atoms with van der Waals surface area (Å²) in [5.41, 5.74) is 4.04. The summed E-state index contributed by atoms with van der Waals surface area (Å²) < 4.78 is 5.12. The maximum absolute atomic E-state index is 12.6. The van der Waals surface area contributed by atoms with E-state index in [1.54, 1.807) is 19.2 Å². The molecule has 0 saturated heterocycles. The number of methoxy groups -OCH3 is 1. The number of nitrogens with zero attached hydrogens (tertiary/aromatic N) is 1. The molecule has 1 atom stereocenters. The van der Waals surface area contributed by atoms with Gasteiger partial charge in [0.2, 0.25) is 0 Å². The second kappa shape index (κ2) is 6.72. The first-order chi connectivity index (χ1) is 9.67. The number of amides is 1. The fourth-order valence-corrected chi connectivity index (χ4v) is 2.39. The molecule has 5 heteroatoms. The molecule has 1 aliphatic rings. The van der Waals surface area contributed by atoms with E-state index in [2.05, 4.69) is 12.3 Å². The molecule has 0 aromatic heterocycles. The fraction of sp³-hybridized carbons (Fsp3) is 0.533. The van der Waals surface area contributed by atoms with Gasteiger partial charge in [0.1, 0.15) is 0 Å². The van der Waals surface area contributed by atoms with Crippen molar-refractivity contribution in [1.29, 1.82) is 0 Å². The number of carbonyl (C=O) groups excluding carboxylic acids is 1. The Kier molecular flexibility index (Phi) is 4.98. The molecule has 0 radical (unpaired) electrons. The van der Waals surface area contributed by atoms with Crippen LogP contribution in [0, 0.1) is 5.92 Å². The normalized spacial score (nSPS) is 15.8. The average molecular weight is 277 g/mol. The maximum Gasteiger partial charge on any atom is 0.254 e. The molecule has 1 unspecified atom stereocenters. The summed E-state index contributed by atoms with van der Waals surface area (Å²) in [7, 11) is 1.66.